The molecule has 1 fully saturated rings. The fourth-order valence-corrected chi connectivity index (χ4v) is 2.61. The first-order valence-electron chi connectivity index (χ1n) is 6.73. The molecule has 1 heterocycles. The summed E-state index contributed by atoms with van der Waals surface area (Å²) in [5.41, 5.74) is -0.814. The van der Waals surface area contributed by atoms with Crippen LogP contribution in [-0.4, -0.2) is 41.6 Å². The smallest absolute Gasteiger partial charge is 0.416 e. The second-order valence-corrected chi connectivity index (χ2v) is 5.39. The summed E-state index contributed by atoms with van der Waals surface area (Å²) in [6.45, 7) is 2.74. The molecule has 1 saturated heterocycles. The Balaban J connectivity index is 2.09. The third-order valence-electron chi connectivity index (χ3n) is 3.64. The molecule has 0 bridgehead atoms. The lowest BCUT2D eigenvalue weighted by Crippen LogP contribution is -2.57. The largest absolute Gasteiger partial charge is 0.530 e. The summed E-state index contributed by atoms with van der Waals surface area (Å²) in [7, 11) is 0. The summed E-state index contributed by atoms with van der Waals surface area (Å²) in [4.78, 5) is 13.8. The Morgan fingerprint density at radius 3 is 2.55 bits per heavy atom. The van der Waals surface area contributed by atoms with Crippen LogP contribution in [0.4, 0.5) is 22.4 Å². The van der Waals surface area contributed by atoms with Crippen LogP contribution in [0.25, 0.3) is 0 Å². The Hall–Kier alpha value is -1.83. The van der Waals surface area contributed by atoms with Crippen molar-refractivity contribution in [1.29, 1.82) is 0 Å². The quantitative estimate of drug-likeness (QED) is 0.780. The molecule has 0 N–H and O–H groups in total. The van der Waals surface area contributed by atoms with Crippen LogP contribution in [0.15, 0.2) is 18.2 Å². The fourth-order valence-electron chi connectivity index (χ4n) is 2.61. The number of hydrogen-bond donors (Lipinski definition) is 0. The van der Waals surface area contributed by atoms with Gasteiger partial charge >= 0.3 is 6.18 Å². The maximum Gasteiger partial charge on any atom is 0.416 e. The average Bonchev–Trinajstić information content (AvgIpc) is 2.36. The zero-order valence-electron chi connectivity index (χ0n) is 11.9. The van der Waals surface area contributed by atoms with Crippen LogP contribution in [0.1, 0.15) is 18.1 Å². The molecule has 1 aliphatic rings. The Morgan fingerprint density at radius 2 is 2.00 bits per heavy atom. The molecule has 1 aliphatic heterocycles. The van der Waals surface area contributed by atoms with Gasteiger partial charge in [-0.15, -0.1) is 0 Å². The number of carbonyl (C=O) groups is 1. The van der Waals surface area contributed by atoms with Crippen molar-refractivity contribution in [3.8, 4) is 0 Å². The summed E-state index contributed by atoms with van der Waals surface area (Å²) in [6.07, 6.45) is -5.87. The van der Waals surface area contributed by atoms with E-state index in [1.807, 2.05) is 0 Å². The highest BCUT2D eigenvalue weighted by atomic mass is 19.4. The lowest BCUT2D eigenvalue weighted by Gasteiger charge is -2.41. The maximum atomic E-state index is 13.3. The van der Waals surface area contributed by atoms with Crippen LogP contribution in [0, 0.1) is 5.82 Å². The second-order valence-electron chi connectivity index (χ2n) is 5.39. The van der Waals surface area contributed by atoms with Gasteiger partial charge in [0.05, 0.1) is 5.56 Å². The standard InChI is InChI=1S/C14H16F4N2O2/c1-9-7-19(2-3-20(9)13(21)22)8-10-4-11(14(16,17)18)6-12(15)5-10/h4-6,9H,2-3,7-8H2,1H3,(H,21,22)/p-1/t9-/m1/s1. The van der Waals surface area contributed by atoms with Gasteiger partial charge in [0.2, 0.25) is 0 Å². The Morgan fingerprint density at radius 1 is 1.32 bits per heavy atom. The molecule has 1 aromatic rings. The van der Waals surface area contributed by atoms with E-state index in [0.29, 0.717) is 19.2 Å². The van der Waals surface area contributed by atoms with Crippen LogP contribution < -0.4 is 5.11 Å². The van der Waals surface area contributed by atoms with Crippen molar-refractivity contribution in [3.63, 3.8) is 0 Å². The van der Waals surface area contributed by atoms with E-state index in [1.165, 1.54) is 4.90 Å². The van der Waals surface area contributed by atoms with Crippen molar-refractivity contribution in [3.05, 3.63) is 35.1 Å². The SMILES string of the molecule is C[C@@H]1CN(Cc2cc(F)cc(C(F)(F)F)c2)CCN1C(=O)[O-]. The number of nitrogens with zero attached hydrogens (tertiary/aromatic N) is 2. The number of hydrogen-bond acceptors (Lipinski definition) is 3. The third kappa shape index (κ3) is 3.88. The first-order valence-corrected chi connectivity index (χ1v) is 6.73. The first-order chi connectivity index (χ1) is 10.2. The summed E-state index contributed by atoms with van der Waals surface area (Å²) in [5, 5.41) is 10.9. The molecule has 8 heteroatoms. The summed E-state index contributed by atoms with van der Waals surface area (Å²) in [5.74, 6) is -0.939. The van der Waals surface area contributed by atoms with Gasteiger partial charge in [-0.3, -0.25) is 4.90 Å². The Labute approximate surface area is 124 Å². The number of halogens is 4. The van der Waals surface area contributed by atoms with Gasteiger partial charge in [-0.2, -0.15) is 13.2 Å². The number of piperazine rings is 1. The molecule has 0 aliphatic carbocycles. The Kier molecular flexibility index (Phi) is 4.60. The molecule has 0 radical (unpaired) electrons. The lowest BCUT2D eigenvalue weighted by molar-refractivity contribution is -0.269. The highest BCUT2D eigenvalue weighted by Crippen LogP contribution is 2.30. The van der Waals surface area contributed by atoms with Crippen molar-refractivity contribution in [2.75, 3.05) is 19.6 Å². The van der Waals surface area contributed by atoms with E-state index in [4.69, 9.17) is 0 Å². The third-order valence-corrected chi connectivity index (χ3v) is 3.64. The normalized spacial score (nSPS) is 20.2. The maximum absolute atomic E-state index is 13.3. The molecule has 1 aromatic carbocycles. The summed E-state index contributed by atoms with van der Waals surface area (Å²) in [6, 6.07) is 2.11. The van der Waals surface area contributed by atoms with Crippen molar-refractivity contribution in [1.82, 2.24) is 9.80 Å². The van der Waals surface area contributed by atoms with Gasteiger partial charge in [-0.1, -0.05) is 0 Å². The monoisotopic (exact) mass is 319 g/mol. The highest BCUT2D eigenvalue weighted by molar-refractivity contribution is 5.63. The first kappa shape index (κ1) is 16.5. The molecule has 22 heavy (non-hydrogen) atoms. The van der Waals surface area contributed by atoms with E-state index in [0.717, 1.165) is 12.1 Å². The van der Waals surface area contributed by atoms with Crippen LogP contribution in [0.5, 0.6) is 0 Å². The fraction of sp³-hybridized carbons (Fsp3) is 0.500. The van der Waals surface area contributed by atoms with Gasteiger partial charge < -0.3 is 14.8 Å². The summed E-state index contributed by atoms with van der Waals surface area (Å²) < 4.78 is 51.4. The van der Waals surface area contributed by atoms with Crippen molar-refractivity contribution in [2.45, 2.75) is 25.7 Å². The van der Waals surface area contributed by atoms with Gasteiger partial charge in [0.25, 0.3) is 0 Å². The van der Waals surface area contributed by atoms with Crippen LogP contribution in [-0.2, 0) is 12.7 Å². The molecule has 0 aromatic heterocycles. The van der Waals surface area contributed by atoms with Gasteiger partial charge in [0, 0.05) is 32.2 Å². The van der Waals surface area contributed by atoms with Gasteiger partial charge in [0.1, 0.15) is 11.9 Å². The molecule has 0 saturated carbocycles. The predicted molar refractivity (Wildman–Crippen MR) is 68.2 cm³/mol. The molecule has 122 valence electrons. The van der Waals surface area contributed by atoms with E-state index < -0.39 is 23.7 Å². The van der Waals surface area contributed by atoms with Crippen LogP contribution in [0.3, 0.4) is 0 Å². The van der Waals surface area contributed by atoms with Crippen molar-refractivity contribution < 1.29 is 27.5 Å². The molecule has 0 spiro atoms. The number of rotatable bonds is 2. The zero-order chi connectivity index (χ0) is 16.5. The van der Waals surface area contributed by atoms with Crippen LogP contribution in [0.2, 0.25) is 0 Å². The lowest BCUT2D eigenvalue weighted by atomic mass is 10.1. The molecular formula is C14H15F4N2O2-. The van der Waals surface area contributed by atoms with E-state index in [-0.39, 0.29) is 24.7 Å². The van der Waals surface area contributed by atoms with Gasteiger partial charge in [-0.05, 0) is 30.7 Å². The minimum atomic E-state index is -4.60. The van der Waals surface area contributed by atoms with E-state index in [2.05, 4.69) is 0 Å². The number of alkyl halides is 3. The number of amides is 1. The molecule has 2 rings (SSSR count). The molecule has 0 unspecified atom stereocenters. The van der Waals surface area contributed by atoms with Crippen molar-refractivity contribution >= 4 is 6.09 Å². The van der Waals surface area contributed by atoms with E-state index >= 15 is 0 Å². The predicted octanol–water partition coefficient (Wildman–Crippen LogP) is 1.69. The Bertz CT molecular complexity index is 562. The van der Waals surface area contributed by atoms with Gasteiger partial charge in [0.15, 0.2) is 0 Å². The minimum Gasteiger partial charge on any atom is -0.530 e. The number of carboxylic acid groups (broad SMARTS) is 1. The molecular weight excluding hydrogens is 304 g/mol. The van der Waals surface area contributed by atoms with Crippen molar-refractivity contribution in [2.24, 2.45) is 0 Å². The minimum absolute atomic E-state index is 0.131. The molecule has 1 atom stereocenters. The summed E-state index contributed by atoms with van der Waals surface area (Å²) >= 11 is 0. The number of benzene rings is 1. The molecule has 4 nitrogen and oxygen atoms in total. The van der Waals surface area contributed by atoms with Crippen LogP contribution >= 0.6 is 0 Å². The van der Waals surface area contributed by atoms with E-state index in [1.54, 1.807) is 11.8 Å². The average molecular weight is 319 g/mol. The van der Waals surface area contributed by atoms with E-state index in [9.17, 15) is 27.5 Å². The number of carbonyl (C=O) groups excluding carboxylic acids is 1. The second kappa shape index (κ2) is 6.12. The topological polar surface area (TPSA) is 46.6 Å². The zero-order valence-corrected chi connectivity index (χ0v) is 11.9. The highest BCUT2D eigenvalue weighted by Gasteiger charge is 2.31. The van der Waals surface area contributed by atoms with Gasteiger partial charge in [-0.25, -0.2) is 4.39 Å². The molecule has 1 amide bonds.